The molecule has 0 bridgehead atoms. The molecule has 1 aromatic carbocycles. The minimum atomic E-state index is -0.884. The molecule has 110 valence electrons. The number of carboxylic acid groups (broad SMARTS) is 1. The summed E-state index contributed by atoms with van der Waals surface area (Å²) in [5.41, 5.74) is 2.64. The highest BCUT2D eigenvalue weighted by molar-refractivity contribution is 5.92. The zero-order valence-electron chi connectivity index (χ0n) is 12.3. The van der Waals surface area contributed by atoms with E-state index in [0.29, 0.717) is 16.9 Å². The first-order valence-electron chi connectivity index (χ1n) is 7.79. The van der Waals surface area contributed by atoms with Crippen molar-refractivity contribution in [2.75, 3.05) is 0 Å². The summed E-state index contributed by atoms with van der Waals surface area (Å²) in [6.07, 6.45) is 6.32. The van der Waals surface area contributed by atoms with Gasteiger partial charge in [-0.3, -0.25) is 0 Å². The first-order valence-corrected chi connectivity index (χ1v) is 7.79. The largest absolute Gasteiger partial charge is 0.478 e. The van der Waals surface area contributed by atoms with Gasteiger partial charge in [-0.25, -0.2) is 9.78 Å². The van der Waals surface area contributed by atoms with Gasteiger partial charge in [0.1, 0.15) is 5.82 Å². The number of carbonyl (C=O) groups is 1. The summed E-state index contributed by atoms with van der Waals surface area (Å²) in [6, 6.07) is 5.34. The van der Waals surface area contributed by atoms with E-state index in [-0.39, 0.29) is 0 Å². The van der Waals surface area contributed by atoms with Gasteiger partial charge in [0, 0.05) is 12.5 Å². The Balaban J connectivity index is 1.82. The molecule has 1 heterocycles. The zero-order valence-corrected chi connectivity index (χ0v) is 12.3. The van der Waals surface area contributed by atoms with Crippen LogP contribution in [0.25, 0.3) is 11.0 Å². The third-order valence-electron chi connectivity index (χ3n) is 5.07. The molecule has 2 saturated carbocycles. The minimum Gasteiger partial charge on any atom is -0.478 e. The van der Waals surface area contributed by atoms with Crippen molar-refractivity contribution < 1.29 is 9.90 Å². The molecule has 21 heavy (non-hydrogen) atoms. The van der Waals surface area contributed by atoms with Crippen LogP contribution in [0.3, 0.4) is 0 Å². The molecule has 0 unspecified atom stereocenters. The third kappa shape index (κ3) is 2.13. The number of nitrogens with zero attached hydrogens (tertiary/aromatic N) is 2. The summed E-state index contributed by atoms with van der Waals surface area (Å²) in [4.78, 5) is 15.9. The van der Waals surface area contributed by atoms with E-state index in [1.54, 1.807) is 12.1 Å². The molecule has 0 aliphatic heterocycles. The fourth-order valence-corrected chi connectivity index (χ4v) is 3.42. The molecule has 0 spiro atoms. The van der Waals surface area contributed by atoms with Gasteiger partial charge in [0.25, 0.3) is 0 Å². The predicted octanol–water partition coefficient (Wildman–Crippen LogP) is 3.80. The Morgan fingerprint density at radius 3 is 2.76 bits per heavy atom. The number of imidazole rings is 1. The number of fused-ring (bicyclic) bond motifs is 1. The van der Waals surface area contributed by atoms with Crippen LogP contribution in [0.1, 0.15) is 61.1 Å². The lowest BCUT2D eigenvalue weighted by molar-refractivity contribution is 0.0697. The van der Waals surface area contributed by atoms with Crippen LogP contribution < -0.4 is 0 Å². The van der Waals surface area contributed by atoms with Crippen LogP contribution in [-0.4, -0.2) is 20.6 Å². The molecule has 1 aromatic heterocycles. The van der Waals surface area contributed by atoms with Crippen LogP contribution >= 0.6 is 0 Å². The number of hydrogen-bond acceptors (Lipinski definition) is 2. The van der Waals surface area contributed by atoms with E-state index < -0.39 is 5.97 Å². The molecular formula is C17H20N2O2. The molecule has 4 nitrogen and oxygen atoms in total. The summed E-state index contributed by atoms with van der Waals surface area (Å²) in [5, 5.41) is 9.14. The molecule has 2 fully saturated rings. The smallest absolute Gasteiger partial charge is 0.335 e. The summed E-state index contributed by atoms with van der Waals surface area (Å²) in [5.74, 6) is 0.861. The lowest BCUT2D eigenvalue weighted by atomic mass is 9.70. The van der Waals surface area contributed by atoms with Gasteiger partial charge in [0.15, 0.2) is 0 Å². The minimum absolute atomic E-state index is 0.323. The van der Waals surface area contributed by atoms with Crippen molar-refractivity contribution in [2.24, 2.45) is 5.41 Å². The van der Waals surface area contributed by atoms with Gasteiger partial charge in [-0.15, -0.1) is 0 Å². The molecule has 4 heteroatoms. The van der Waals surface area contributed by atoms with E-state index >= 15 is 0 Å². The number of rotatable bonds is 4. The predicted molar refractivity (Wildman–Crippen MR) is 80.6 cm³/mol. The fourth-order valence-electron chi connectivity index (χ4n) is 3.42. The van der Waals surface area contributed by atoms with E-state index in [9.17, 15) is 4.79 Å². The maximum absolute atomic E-state index is 11.1. The Kier molecular flexibility index (Phi) is 2.65. The Morgan fingerprint density at radius 1 is 1.43 bits per heavy atom. The second kappa shape index (κ2) is 4.33. The molecule has 2 aliphatic rings. The maximum atomic E-state index is 11.1. The van der Waals surface area contributed by atoms with E-state index in [1.165, 1.54) is 37.9 Å². The second-order valence-electron chi connectivity index (χ2n) is 7.00. The molecule has 0 amide bonds. The molecule has 2 aliphatic carbocycles. The average molecular weight is 284 g/mol. The van der Waals surface area contributed by atoms with Crippen molar-refractivity contribution in [1.82, 2.24) is 9.55 Å². The number of benzene rings is 1. The highest BCUT2D eigenvalue weighted by Gasteiger charge is 2.36. The maximum Gasteiger partial charge on any atom is 0.335 e. The topological polar surface area (TPSA) is 55.1 Å². The number of hydrogen-bond donors (Lipinski definition) is 1. The molecule has 4 rings (SSSR count). The van der Waals surface area contributed by atoms with Gasteiger partial charge in [-0.05, 0) is 49.3 Å². The van der Waals surface area contributed by atoms with Crippen molar-refractivity contribution in [1.29, 1.82) is 0 Å². The van der Waals surface area contributed by atoms with Gasteiger partial charge in [0.05, 0.1) is 16.6 Å². The van der Waals surface area contributed by atoms with Crippen LogP contribution in [-0.2, 0) is 6.54 Å². The van der Waals surface area contributed by atoms with Gasteiger partial charge in [-0.1, -0.05) is 13.3 Å². The summed E-state index contributed by atoms with van der Waals surface area (Å²) in [6.45, 7) is 3.37. The third-order valence-corrected chi connectivity index (χ3v) is 5.07. The Labute approximate surface area is 123 Å². The van der Waals surface area contributed by atoms with Crippen molar-refractivity contribution in [3.8, 4) is 0 Å². The van der Waals surface area contributed by atoms with Crippen LogP contribution in [0.15, 0.2) is 18.2 Å². The quantitative estimate of drug-likeness (QED) is 0.929. The highest BCUT2D eigenvalue weighted by Crippen LogP contribution is 2.45. The summed E-state index contributed by atoms with van der Waals surface area (Å²) < 4.78 is 2.36. The van der Waals surface area contributed by atoms with Crippen molar-refractivity contribution >= 4 is 17.0 Å². The van der Waals surface area contributed by atoms with Gasteiger partial charge in [-0.2, -0.15) is 0 Å². The lowest BCUT2D eigenvalue weighted by Gasteiger charge is -2.39. The lowest BCUT2D eigenvalue weighted by Crippen LogP contribution is -2.31. The Bertz CT molecular complexity index is 724. The first-order chi connectivity index (χ1) is 10.1. The first kappa shape index (κ1) is 12.9. The summed E-state index contributed by atoms with van der Waals surface area (Å²) >= 11 is 0. The van der Waals surface area contributed by atoms with Gasteiger partial charge >= 0.3 is 5.97 Å². The Morgan fingerprint density at radius 2 is 2.19 bits per heavy atom. The molecule has 0 atom stereocenters. The number of aromatic nitrogens is 2. The number of aromatic carboxylic acids is 1. The zero-order chi connectivity index (χ0) is 14.6. The Hall–Kier alpha value is -1.84. The SMILES string of the molecule is CC1(Cn2c(C3CC3)nc3cc(C(=O)O)ccc32)CCC1. The molecule has 1 N–H and O–H groups in total. The van der Waals surface area contributed by atoms with Crippen LogP contribution in [0.4, 0.5) is 0 Å². The van der Waals surface area contributed by atoms with Crippen molar-refractivity contribution in [3.05, 3.63) is 29.6 Å². The van der Waals surface area contributed by atoms with Gasteiger partial charge < -0.3 is 9.67 Å². The standard InChI is InChI=1S/C17H20N2O2/c1-17(7-2-8-17)10-19-14-6-5-12(16(20)21)9-13(14)18-15(19)11-3-4-11/h5-6,9,11H,2-4,7-8,10H2,1H3,(H,20,21). The molecule has 2 aromatic rings. The molecular weight excluding hydrogens is 264 g/mol. The average Bonchev–Trinajstić information content (AvgIpc) is 3.20. The second-order valence-corrected chi connectivity index (χ2v) is 7.00. The summed E-state index contributed by atoms with van der Waals surface area (Å²) in [7, 11) is 0. The van der Waals surface area contributed by atoms with E-state index in [2.05, 4.69) is 11.5 Å². The van der Waals surface area contributed by atoms with Gasteiger partial charge in [0.2, 0.25) is 0 Å². The van der Waals surface area contributed by atoms with E-state index in [1.807, 2.05) is 6.07 Å². The van der Waals surface area contributed by atoms with Crippen molar-refractivity contribution in [3.63, 3.8) is 0 Å². The number of carboxylic acids is 1. The van der Waals surface area contributed by atoms with E-state index in [4.69, 9.17) is 10.1 Å². The van der Waals surface area contributed by atoms with Crippen LogP contribution in [0.5, 0.6) is 0 Å². The fraction of sp³-hybridized carbons (Fsp3) is 0.529. The monoisotopic (exact) mass is 284 g/mol. The molecule has 0 radical (unpaired) electrons. The van der Waals surface area contributed by atoms with E-state index in [0.717, 1.165) is 17.6 Å². The van der Waals surface area contributed by atoms with Crippen LogP contribution in [0.2, 0.25) is 0 Å². The highest BCUT2D eigenvalue weighted by atomic mass is 16.4. The van der Waals surface area contributed by atoms with Crippen LogP contribution in [0, 0.1) is 5.41 Å². The normalized spacial score (nSPS) is 20.4. The molecule has 0 saturated heterocycles. The van der Waals surface area contributed by atoms with Crippen molar-refractivity contribution in [2.45, 2.75) is 51.5 Å².